The van der Waals surface area contributed by atoms with Gasteiger partial charge in [-0.15, -0.1) is 0 Å². The second kappa shape index (κ2) is 3.48. The molecule has 3 heteroatoms. The molecule has 0 aromatic carbocycles. The van der Waals surface area contributed by atoms with Gasteiger partial charge in [-0.05, 0) is 17.0 Å². The second-order valence-electron chi connectivity index (χ2n) is 4.24. The van der Waals surface area contributed by atoms with E-state index < -0.39 is 6.43 Å². The van der Waals surface area contributed by atoms with Crippen LogP contribution in [-0.2, 0) is 12.0 Å². The Bertz CT molecular complexity index is 271. The maximum absolute atomic E-state index is 12.0. The van der Waals surface area contributed by atoms with Gasteiger partial charge in [-0.3, -0.25) is 0 Å². The first-order valence-electron chi connectivity index (χ1n) is 4.34. The van der Waals surface area contributed by atoms with Crippen molar-refractivity contribution in [3.63, 3.8) is 0 Å². The topological polar surface area (TPSA) is 4.93 Å². The van der Waals surface area contributed by atoms with Crippen molar-refractivity contribution >= 4 is 0 Å². The van der Waals surface area contributed by atoms with Crippen LogP contribution >= 0.6 is 0 Å². The summed E-state index contributed by atoms with van der Waals surface area (Å²) in [6.07, 6.45) is 1.21. The third-order valence-corrected chi connectivity index (χ3v) is 1.97. The molecular formula is C10H15F2N. The van der Waals surface area contributed by atoms with Crippen molar-refractivity contribution in [3.8, 4) is 0 Å². The number of hydrogen-bond donors (Lipinski definition) is 0. The molecule has 1 aromatic rings. The molecule has 0 bridgehead atoms. The van der Waals surface area contributed by atoms with E-state index in [2.05, 4.69) is 20.8 Å². The highest BCUT2D eigenvalue weighted by Crippen LogP contribution is 2.22. The molecule has 0 saturated heterocycles. The Morgan fingerprint density at radius 2 is 2.00 bits per heavy atom. The summed E-state index contributed by atoms with van der Waals surface area (Å²) in [5.41, 5.74) is 1.13. The minimum atomic E-state index is -2.28. The van der Waals surface area contributed by atoms with E-state index in [4.69, 9.17) is 0 Å². The Morgan fingerprint density at radius 1 is 1.38 bits per heavy atom. The van der Waals surface area contributed by atoms with E-state index in [9.17, 15) is 8.78 Å². The van der Waals surface area contributed by atoms with E-state index in [-0.39, 0.29) is 12.0 Å². The molecule has 0 aliphatic heterocycles. The monoisotopic (exact) mass is 187 g/mol. The van der Waals surface area contributed by atoms with Gasteiger partial charge in [-0.2, -0.15) is 0 Å². The van der Waals surface area contributed by atoms with Crippen LogP contribution in [0.1, 0.15) is 26.3 Å². The zero-order valence-corrected chi connectivity index (χ0v) is 8.22. The van der Waals surface area contributed by atoms with E-state index >= 15 is 0 Å². The molecule has 0 unspecified atom stereocenters. The van der Waals surface area contributed by atoms with Crippen molar-refractivity contribution in [3.05, 3.63) is 24.0 Å². The zero-order chi connectivity index (χ0) is 10.1. The predicted molar refractivity (Wildman–Crippen MR) is 49.1 cm³/mol. The highest BCUT2D eigenvalue weighted by Gasteiger charge is 2.15. The molecule has 0 saturated carbocycles. The second-order valence-corrected chi connectivity index (χ2v) is 4.24. The Balaban J connectivity index is 2.75. The third kappa shape index (κ3) is 2.83. The van der Waals surface area contributed by atoms with Crippen LogP contribution < -0.4 is 0 Å². The van der Waals surface area contributed by atoms with Gasteiger partial charge in [0.25, 0.3) is 6.43 Å². The summed E-state index contributed by atoms with van der Waals surface area (Å²) in [5.74, 6) is 0. The van der Waals surface area contributed by atoms with Gasteiger partial charge in [0.1, 0.15) is 0 Å². The SMILES string of the molecule is CC(C)(C)c1ccn(CC(F)F)c1. The predicted octanol–water partition coefficient (Wildman–Crippen LogP) is 3.05. The maximum atomic E-state index is 12.0. The number of aromatic nitrogens is 1. The summed E-state index contributed by atoms with van der Waals surface area (Å²) in [7, 11) is 0. The van der Waals surface area contributed by atoms with Crippen LogP contribution in [0, 0.1) is 0 Å². The van der Waals surface area contributed by atoms with Crippen LogP contribution in [0.2, 0.25) is 0 Å². The van der Waals surface area contributed by atoms with Crippen LogP contribution in [0.3, 0.4) is 0 Å². The average molecular weight is 187 g/mol. The fourth-order valence-electron chi connectivity index (χ4n) is 1.16. The quantitative estimate of drug-likeness (QED) is 0.670. The van der Waals surface area contributed by atoms with E-state index in [0.717, 1.165) is 5.56 Å². The van der Waals surface area contributed by atoms with E-state index in [0.29, 0.717) is 0 Å². The molecular weight excluding hydrogens is 172 g/mol. The molecule has 13 heavy (non-hydrogen) atoms. The Labute approximate surface area is 77.4 Å². The lowest BCUT2D eigenvalue weighted by molar-refractivity contribution is 0.126. The lowest BCUT2D eigenvalue weighted by Crippen LogP contribution is -2.10. The number of rotatable bonds is 2. The Morgan fingerprint density at radius 3 is 2.38 bits per heavy atom. The van der Waals surface area contributed by atoms with Gasteiger partial charge in [-0.1, -0.05) is 20.8 Å². The lowest BCUT2D eigenvalue weighted by Gasteiger charge is -2.16. The van der Waals surface area contributed by atoms with E-state index in [1.165, 1.54) is 4.57 Å². The van der Waals surface area contributed by atoms with E-state index in [1.54, 1.807) is 12.4 Å². The van der Waals surface area contributed by atoms with Gasteiger partial charge in [0.2, 0.25) is 0 Å². The molecule has 1 heterocycles. The van der Waals surface area contributed by atoms with Gasteiger partial charge in [0.15, 0.2) is 0 Å². The van der Waals surface area contributed by atoms with Gasteiger partial charge in [-0.25, -0.2) is 8.78 Å². The van der Waals surface area contributed by atoms with Crippen LogP contribution in [0.25, 0.3) is 0 Å². The summed E-state index contributed by atoms with van der Waals surface area (Å²) < 4.78 is 25.5. The molecule has 1 rings (SSSR count). The Hall–Kier alpha value is -0.860. The van der Waals surface area contributed by atoms with Crippen molar-refractivity contribution in [2.75, 3.05) is 0 Å². The molecule has 0 radical (unpaired) electrons. The van der Waals surface area contributed by atoms with Crippen LogP contribution in [-0.4, -0.2) is 11.0 Å². The van der Waals surface area contributed by atoms with Gasteiger partial charge < -0.3 is 4.57 Å². The molecule has 0 spiro atoms. The molecule has 0 amide bonds. The number of hydrogen-bond acceptors (Lipinski definition) is 0. The molecule has 1 aromatic heterocycles. The van der Waals surface area contributed by atoms with Crippen molar-refractivity contribution in [1.29, 1.82) is 0 Å². The summed E-state index contributed by atoms with van der Waals surface area (Å²) in [4.78, 5) is 0. The maximum Gasteiger partial charge on any atom is 0.256 e. The molecule has 0 aliphatic carbocycles. The highest BCUT2D eigenvalue weighted by atomic mass is 19.3. The minimum Gasteiger partial charge on any atom is -0.348 e. The summed E-state index contributed by atoms with van der Waals surface area (Å²) in [6.45, 7) is 5.98. The normalized spacial score (nSPS) is 12.5. The molecule has 0 N–H and O–H groups in total. The fraction of sp³-hybridized carbons (Fsp3) is 0.600. The van der Waals surface area contributed by atoms with E-state index in [1.807, 2.05) is 6.07 Å². The summed E-state index contributed by atoms with van der Waals surface area (Å²) in [6, 6.07) is 1.89. The molecule has 0 atom stereocenters. The van der Waals surface area contributed by atoms with Crippen LogP contribution in [0.5, 0.6) is 0 Å². The lowest BCUT2D eigenvalue weighted by atomic mass is 9.89. The highest BCUT2D eigenvalue weighted by molar-refractivity contribution is 5.19. The number of halogens is 2. The molecule has 1 nitrogen and oxygen atoms in total. The van der Waals surface area contributed by atoms with Crippen molar-refractivity contribution < 1.29 is 8.78 Å². The van der Waals surface area contributed by atoms with Gasteiger partial charge >= 0.3 is 0 Å². The largest absolute Gasteiger partial charge is 0.348 e. The first kappa shape index (κ1) is 10.2. The standard InChI is InChI=1S/C10H15F2N/c1-10(2,3)8-4-5-13(6-8)7-9(11)12/h4-6,9H,7H2,1-3H3. The Kier molecular flexibility index (Phi) is 2.74. The van der Waals surface area contributed by atoms with Gasteiger partial charge in [0.05, 0.1) is 6.54 Å². The fourth-order valence-corrected chi connectivity index (χ4v) is 1.16. The first-order chi connectivity index (χ1) is 5.89. The van der Waals surface area contributed by atoms with Crippen molar-refractivity contribution in [2.45, 2.75) is 39.2 Å². The third-order valence-electron chi connectivity index (χ3n) is 1.97. The van der Waals surface area contributed by atoms with Crippen LogP contribution in [0.15, 0.2) is 18.5 Å². The first-order valence-corrected chi connectivity index (χ1v) is 4.34. The average Bonchev–Trinajstić information content (AvgIpc) is 2.32. The molecule has 0 fully saturated rings. The smallest absolute Gasteiger partial charge is 0.256 e. The molecule has 0 aliphatic rings. The molecule has 74 valence electrons. The van der Waals surface area contributed by atoms with Crippen molar-refractivity contribution in [2.24, 2.45) is 0 Å². The van der Waals surface area contributed by atoms with Gasteiger partial charge in [0, 0.05) is 12.4 Å². The minimum absolute atomic E-state index is 0.0351. The van der Waals surface area contributed by atoms with Crippen molar-refractivity contribution in [1.82, 2.24) is 4.57 Å². The summed E-state index contributed by atoms with van der Waals surface area (Å²) in [5, 5.41) is 0. The summed E-state index contributed by atoms with van der Waals surface area (Å²) >= 11 is 0. The number of alkyl halides is 2. The zero-order valence-electron chi connectivity index (χ0n) is 8.22. The number of nitrogens with zero attached hydrogens (tertiary/aromatic N) is 1. The van der Waals surface area contributed by atoms with Crippen LogP contribution in [0.4, 0.5) is 8.78 Å².